The first-order chi connectivity index (χ1) is 17.1. The minimum Gasteiger partial charge on any atom is -0.377 e. The number of carbonyl (C=O) groups excluding carboxylic acids is 1. The molecule has 0 radical (unpaired) electrons. The van der Waals surface area contributed by atoms with Gasteiger partial charge in [0.1, 0.15) is 17.6 Å². The quantitative estimate of drug-likeness (QED) is 0.272. The van der Waals surface area contributed by atoms with E-state index in [1.807, 2.05) is 36.7 Å². The highest BCUT2D eigenvalue weighted by Gasteiger charge is 2.24. The van der Waals surface area contributed by atoms with Crippen LogP contribution in [-0.4, -0.2) is 27.8 Å². The molecule has 4 rings (SSSR count). The van der Waals surface area contributed by atoms with E-state index in [0.717, 1.165) is 47.4 Å². The number of hydrogen-bond donors (Lipinski definition) is 3. The molecule has 0 amide bonds. The van der Waals surface area contributed by atoms with Gasteiger partial charge in [-0.05, 0) is 36.8 Å². The van der Waals surface area contributed by atoms with Crippen molar-refractivity contribution in [2.45, 2.75) is 45.6 Å². The van der Waals surface area contributed by atoms with Crippen LogP contribution in [-0.2, 0) is 24.8 Å². The van der Waals surface area contributed by atoms with Crippen LogP contribution in [0, 0.1) is 17.2 Å². The number of carbonyl (C=O) groups is 1. The van der Waals surface area contributed by atoms with Gasteiger partial charge in [0.05, 0.1) is 12.2 Å². The van der Waals surface area contributed by atoms with Crippen molar-refractivity contribution in [2.24, 2.45) is 18.1 Å². The molecule has 3 N–H and O–H groups in total. The summed E-state index contributed by atoms with van der Waals surface area (Å²) in [6, 6.07) is 14.1. The largest absolute Gasteiger partial charge is 0.377 e. The molecule has 0 saturated heterocycles. The molecule has 0 unspecified atom stereocenters. The molecule has 9 nitrogen and oxygen atoms in total. The van der Waals surface area contributed by atoms with Crippen molar-refractivity contribution in [3.63, 3.8) is 0 Å². The first-order valence-corrected chi connectivity index (χ1v) is 11.9. The molecule has 3 heterocycles. The molecule has 1 aromatic carbocycles. The Hall–Kier alpha value is -3.74. The van der Waals surface area contributed by atoms with E-state index in [2.05, 4.69) is 44.8 Å². The summed E-state index contributed by atoms with van der Waals surface area (Å²) in [6.07, 6.45) is 5.10. The number of nitrogens with one attached hydrogen (secondary N) is 3. The number of ether oxygens (including phenoxy) is 1. The van der Waals surface area contributed by atoms with Crippen molar-refractivity contribution in [3.8, 4) is 6.07 Å². The zero-order valence-corrected chi connectivity index (χ0v) is 20.2. The summed E-state index contributed by atoms with van der Waals surface area (Å²) in [5, 5.41) is 14.2. The molecule has 1 aliphatic heterocycles. The second kappa shape index (κ2) is 11.6. The van der Waals surface area contributed by atoms with E-state index in [9.17, 15) is 10.1 Å². The molecule has 1 aliphatic rings. The van der Waals surface area contributed by atoms with Crippen LogP contribution < -0.4 is 16.5 Å². The predicted octanol–water partition coefficient (Wildman–Crippen LogP) is 3.51. The highest BCUT2D eigenvalue weighted by Crippen LogP contribution is 2.29. The van der Waals surface area contributed by atoms with Gasteiger partial charge in [-0.1, -0.05) is 37.3 Å². The number of unbranched alkanes of at least 4 members (excludes halogenated alkanes) is 1. The van der Waals surface area contributed by atoms with Gasteiger partial charge in [0.2, 0.25) is 0 Å². The minimum atomic E-state index is 0.0647. The maximum absolute atomic E-state index is 13.5. The smallest absolute Gasteiger partial charge is 0.165 e. The van der Waals surface area contributed by atoms with Crippen molar-refractivity contribution in [1.82, 2.24) is 26.0 Å². The molecule has 2 aromatic heterocycles. The highest BCUT2D eigenvalue weighted by atomic mass is 16.5. The van der Waals surface area contributed by atoms with Crippen molar-refractivity contribution in [2.75, 3.05) is 6.61 Å². The third-order valence-electron chi connectivity index (χ3n) is 6.15. The van der Waals surface area contributed by atoms with Crippen LogP contribution in [0.5, 0.6) is 0 Å². The zero-order valence-electron chi connectivity index (χ0n) is 20.2. The number of aromatic nitrogens is 2. The Morgan fingerprint density at radius 1 is 1.26 bits per heavy atom. The van der Waals surface area contributed by atoms with Crippen LogP contribution in [0.2, 0.25) is 0 Å². The summed E-state index contributed by atoms with van der Waals surface area (Å²) < 4.78 is 7.82. The number of rotatable bonds is 12. The molecule has 35 heavy (non-hydrogen) atoms. The molecule has 0 fully saturated rings. The van der Waals surface area contributed by atoms with Crippen LogP contribution in [0.1, 0.15) is 59.8 Å². The molecule has 0 aliphatic carbocycles. The van der Waals surface area contributed by atoms with E-state index in [4.69, 9.17) is 4.74 Å². The zero-order chi connectivity index (χ0) is 24.6. The fourth-order valence-electron chi connectivity index (χ4n) is 4.43. The summed E-state index contributed by atoms with van der Waals surface area (Å²) in [4.78, 5) is 18.0. The number of aryl methyl sites for hydroxylation is 1. The maximum atomic E-state index is 13.5. The van der Waals surface area contributed by atoms with Crippen LogP contribution in [0.3, 0.4) is 0 Å². The Bertz CT molecular complexity index is 1240. The summed E-state index contributed by atoms with van der Waals surface area (Å²) in [5.41, 5.74) is 12.3. The Morgan fingerprint density at radius 3 is 2.83 bits per heavy atom. The van der Waals surface area contributed by atoms with Gasteiger partial charge in [0.15, 0.2) is 5.78 Å². The lowest BCUT2D eigenvalue weighted by Gasteiger charge is -2.12. The number of ketones is 1. The van der Waals surface area contributed by atoms with Gasteiger partial charge >= 0.3 is 0 Å². The van der Waals surface area contributed by atoms with Gasteiger partial charge in [0.25, 0.3) is 0 Å². The van der Waals surface area contributed by atoms with Gasteiger partial charge in [-0.2, -0.15) is 5.26 Å². The SMILES string of the molecule is C[C@H](CC(=O)c1c(CCCCOCc2ccccc2)n(C)c2ncc(C#N)cc12)CC1=NNNN1. The molecule has 0 saturated carbocycles. The second-order valence-corrected chi connectivity index (χ2v) is 8.94. The van der Waals surface area contributed by atoms with Crippen molar-refractivity contribution in [3.05, 3.63) is 65.0 Å². The Kier molecular flexibility index (Phi) is 8.08. The summed E-state index contributed by atoms with van der Waals surface area (Å²) in [5.74, 6) is 0.930. The number of Topliss-reactive ketones (excluding diaryl/α,β-unsaturated/α-hetero) is 1. The van der Waals surface area contributed by atoms with Crippen LogP contribution in [0.25, 0.3) is 11.0 Å². The maximum Gasteiger partial charge on any atom is 0.165 e. The van der Waals surface area contributed by atoms with Crippen molar-refractivity contribution >= 4 is 22.7 Å². The summed E-state index contributed by atoms with van der Waals surface area (Å²) >= 11 is 0. The summed E-state index contributed by atoms with van der Waals surface area (Å²) in [6.45, 7) is 3.30. The number of hydrazone groups is 1. The van der Waals surface area contributed by atoms with Crippen LogP contribution in [0.15, 0.2) is 47.7 Å². The molecular formula is C26H31N7O2. The summed E-state index contributed by atoms with van der Waals surface area (Å²) in [7, 11) is 1.94. The third kappa shape index (κ3) is 6.04. The Balaban J connectivity index is 1.45. The monoisotopic (exact) mass is 473 g/mol. The van der Waals surface area contributed by atoms with E-state index in [0.29, 0.717) is 37.2 Å². The van der Waals surface area contributed by atoms with E-state index in [1.54, 1.807) is 12.3 Å². The lowest BCUT2D eigenvalue weighted by Crippen LogP contribution is -2.35. The van der Waals surface area contributed by atoms with Gasteiger partial charge in [-0.15, -0.1) is 10.6 Å². The molecule has 0 bridgehead atoms. The average molecular weight is 474 g/mol. The topological polar surface area (TPSA) is 116 Å². The number of nitrogens with zero attached hydrogens (tertiary/aromatic N) is 4. The highest BCUT2D eigenvalue weighted by molar-refractivity contribution is 6.09. The predicted molar refractivity (Wildman–Crippen MR) is 134 cm³/mol. The Labute approximate surface area is 205 Å². The van der Waals surface area contributed by atoms with E-state index in [1.165, 1.54) is 0 Å². The number of fused-ring (bicyclic) bond motifs is 1. The van der Waals surface area contributed by atoms with Gasteiger partial charge in [-0.3, -0.25) is 10.2 Å². The second-order valence-electron chi connectivity index (χ2n) is 8.94. The normalized spacial score (nSPS) is 13.7. The minimum absolute atomic E-state index is 0.0647. The van der Waals surface area contributed by atoms with Crippen LogP contribution in [0.4, 0.5) is 0 Å². The number of amidine groups is 1. The number of hydrogen-bond acceptors (Lipinski definition) is 8. The molecule has 9 heteroatoms. The van der Waals surface area contributed by atoms with Crippen molar-refractivity contribution < 1.29 is 9.53 Å². The fraction of sp³-hybridized carbons (Fsp3) is 0.385. The van der Waals surface area contributed by atoms with Crippen LogP contribution >= 0.6 is 0 Å². The van der Waals surface area contributed by atoms with Gasteiger partial charge < -0.3 is 9.30 Å². The van der Waals surface area contributed by atoms with Gasteiger partial charge in [-0.25, -0.2) is 10.5 Å². The first kappa shape index (κ1) is 24.4. The van der Waals surface area contributed by atoms with E-state index >= 15 is 0 Å². The average Bonchev–Trinajstić information content (AvgIpc) is 3.47. The van der Waals surface area contributed by atoms with Crippen molar-refractivity contribution in [1.29, 1.82) is 5.26 Å². The number of nitriles is 1. The molecule has 3 aromatic rings. The standard InChI is InChI=1S/C26H31N7O2/c1-18(13-24-29-31-32-30-24)12-23(34)25-21-14-20(15-27)16-28-26(21)33(2)22(25)10-6-7-11-35-17-19-8-4-3-5-9-19/h3-5,8-9,14,16,18,31-32H,6-7,10-13,17H2,1-2H3,(H,29,30)/t18-/m1/s1. The lowest BCUT2D eigenvalue weighted by molar-refractivity contribution is 0.0966. The number of pyridine rings is 1. The van der Waals surface area contributed by atoms with E-state index < -0.39 is 0 Å². The van der Waals surface area contributed by atoms with Gasteiger partial charge in [0, 0.05) is 49.3 Å². The number of hydrazine groups is 2. The lowest BCUT2D eigenvalue weighted by atomic mass is 9.94. The third-order valence-corrected chi connectivity index (χ3v) is 6.15. The fourth-order valence-corrected chi connectivity index (χ4v) is 4.43. The first-order valence-electron chi connectivity index (χ1n) is 11.9. The number of benzene rings is 1. The molecular weight excluding hydrogens is 442 g/mol. The molecule has 0 spiro atoms. The Morgan fingerprint density at radius 2 is 2.09 bits per heavy atom. The molecule has 182 valence electrons. The van der Waals surface area contributed by atoms with E-state index in [-0.39, 0.29) is 11.7 Å². The molecule has 1 atom stereocenters.